The lowest BCUT2D eigenvalue weighted by Gasteiger charge is -2.29. The van der Waals surface area contributed by atoms with Gasteiger partial charge in [-0.2, -0.15) is 0 Å². The normalized spacial score (nSPS) is 23.8. The smallest absolute Gasteiger partial charge is 0.341 e. The molecule has 1 aromatic carbocycles. The molecule has 2 unspecified atom stereocenters. The molecule has 2 atom stereocenters. The van der Waals surface area contributed by atoms with Crippen molar-refractivity contribution in [3.8, 4) is 0 Å². The number of aromatic nitrogens is 1. The summed E-state index contributed by atoms with van der Waals surface area (Å²) < 4.78 is 17.1. The van der Waals surface area contributed by atoms with Gasteiger partial charge in [-0.05, 0) is 57.1 Å². The number of anilines is 1. The van der Waals surface area contributed by atoms with Crippen molar-refractivity contribution < 1.29 is 24.5 Å². The summed E-state index contributed by atoms with van der Waals surface area (Å²) >= 11 is 0. The topological polar surface area (TPSA) is 103 Å². The van der Waals surface area contributed by atoms with Gasteiger partial charge in [-0.25, -0.2) is 9.18 Å². The number of aromatic carboxylic acids is 1. The number of pyridine rings is 1. The molecule has 0 spiro atoms. The standard InChI is InChI=1S/C22H27FN2O5/c1-3-24(9-12-6-17(26)18(27)7-12)20-11(2)19-14(8-16(20)23)21(28)15(22(29)30)10-25(19)13-4-5-13/h8,10,12-13,17-18,26-27H,3-7,9H2,1-2H3,(H,29,30). The molecule has 1 aromatic heterocycles. The number of aryl methyl sites for hydroxylation is 1. The van der Waals surface area contributed by atoms with Crippen LogP contribution in [0, 0.1) is 18.7 Å². The number of hydrogen-bond donors (Lipinski definition) is 3. The Bertz CT molecular complexity index is 1050. The van der Waals surface area contributed by atoms with E-state index in [-0.39, 0.29) is 22.9 Å². The number of carboxylic acids is 1. The highest BCUT2D eigenvalue weighted by Crippen LogP contribution is 2.40. The highest BCUT2D eigenvalue weighted by molar-refractivity contribution is 5.95. The average molecular weight is 418 g/mol. The minimum atomic E-state index is -1.31. The number of hydrogen-bond acceptors (Lipinski definition) is 5. The van der Waals surface area contributed by atoms with E-state index in [1.54, 1.807) is 6.92 Å². The van der Waals surface area contributed by atoms with Gasteiger partial charge in [0.2, 0.25) is 5.43 Å². The number of fused-ring (bicyclic) bond motifs is 1. The fourth-order valence-electron chi connectivity index (χ4n) is 4.78. The van der Waals surface area contributed by atoms with E-state index in [4.69, 9.17) is 0 Å². The van der Waals surface area contributed by atoms with E-state index >= 15 is 4.39 Å². The van der Waals surface area contributed by atoms with Crippen LogP contribution in [0.3, 0.4) is 0 Å². The molecular weight excluding hydrogens is 391 g/mol. The number of halogens is 1. The fourth-order valence-corrected chi connectivity index (χ4v) is 4.78. The van der Waals surface area contributed by atoms with Crippen LogP contribution >= 0.6 is 0 Å². The van der Waals surface area contributed by atoms with Crippen LogP contribution in [0.2, 0.25) is 0 Å². The number of benzene rings is 1. The van der Waals surface area contributed by atoms with Crippen molar-refractivity contribution in [3.63, 3.8) is 0 Å². The maximum atomic E-state index is 15.3. The Morgan fingerprint density at radius 3 is 2.43 bits per heavy atom. The third kappa shape index (κ3) is 3.48. The van der Waals surface area contributed by atoms with Gasteiger partial charge in [0.25, 0.3) is 0 Å². The second kappa shape index (κ2) is 7.67. The molecule has 2 aliphatic rings. The molecule has 2 fully saturated rings. The number of aliphatic hydroxyl groups is 2. The molecule has 2 saturated carbocycles. The van der Waals surface area contributed by atoms with Gasteiger partial charge in [0.1, 0.15) is 11.4 Å². The van der Waals surface area contributed by atoms with Gasteiger partial charge in [0.15, 0.2) is 0 Å². The van der Waals surface area contributed by atoms with Gasteiger partial charge in [-0.3, -0.25) is 4.79 Å². The third-order valence-corrected chi connectivity index (χ3v) is 6.42. The SMILES string of the molecule is CCN(CC1CC(O)C(O)C1)c1c(F)cc2c(=O)c(C(=O)O)cn(C3CC3)c2c1C. The minimum absolute atomic E-state index is 0.0319. The van der Waals surface area contributed by atoms with E-state index in [1.165, 1.54) is 6.20 Å². The van der Waals surface area contributed by atoms with E-state index in [0.29, 0.717) is 42.7 Å². The molecule has 162 valence electrons. The number of carbonyl (C=O) groups is 1. The Kier molecular flexibility index (Phi) is 5.32. The van der Waals surface area contributed by atoms with Gasteiger partial charge in [-0.1, -0.05) is 0 Å². The predicted molar refractivity (Wildman–Crippen MR) is 111 cm³/mol. The molecule has 2 aromatic rings. The molecule has 30 heavy (non-hydrogen) atoms. The highest BCUT2D eigenvalue weighted by atomic mass is 19.1. The Hall–Kier alpha value is -2.45. The molecule has 4 rings (SSSR count). The zero-order chi connectivity index (χ0) is 21.7. The predicted octanol–water partition coefficient (Wildman–Crippen LogP) is 2.44. The van der Waals surface area contributed by atoms with Crippen molar-refractivity contribution in [2.45, 2.75) is 57.8 Å². The van der Waals surface area contributed by atoms with E-state index in [0.717, 1.165) is 18.9 Å². The summed E-state index contributed by atoms with van der Waals surface area (Å²) in [6.45, 7) is 4.68. The van der Waals surface area contributed by atoms with Crippen molar-refractivity contribution in [2.75, 3.05) is 18.0 Å². The molecule has 0 radical (unpaired) electrons. The maximum Gasteiger partial charge on any atom is 0.341 e. The number of rotatable bonds is 6. The molecule has 1 heterocycles. The van der Waals surface area contributed by atoms with Crippen LogP contribution in [0.1, 0.15) is 54.6 Å². The highest BCUT2D eigenvalue weighted by Gasteiger charge is 2.34. The zero-order valence-electron chi connectivity index (χ0n) is 17.1. The van der Waals surface area contributed by atoms with Gasteiger partial charge in [0.05, 0.1) is 23.4 Å². The Morgan fingerprint density at radius 1 is 1.27 bits per heavy atom. The summed E-state index contributed by atoms with van der Waals surface area (Å²) in [5.74, 6) is -1.85. The number of aliphatic hydroxyl groups excluding tert-OH is 2. The van der Waals surface area contributed by atoms with Gasteiger partial charge in [0, 0.05) is 30.7 Å². The lowest BCUT2D eigenvalue weighted by Crippen LogP contribution is -2.31. The van der Waals surface area contributed by atoms with Crippen LogP contribution in [-0.2, 0) is 0 Å². The fraction of sp³-hybridized carbons (Fsp3) is 0.545. The second-order valence-corrected chi connectivity index (χ2v) is 8.55. The van der Waals surface area contributed by atoms with Gasteiger partial charge < -0.3 is 24.8 Å². The minimum Gasteiger partial charge on any atom is -0.477 e. The molecule has 0 bridgehead atoms. The molecule has 0 amide bonds. The first kappa shape index (κ1) is 20.8. The molecule has 0 saturated heterocycles. The molecule has 0 aliphatic heterocycles. The van der Waals surface area contributed by atoms with Crippen LogP contribution in [0.5, 0.6) is 0 Å². The van der Waals surface area contributed by atoms with E-state index in [2.05, 4.69) is 0 Å². The number of nitrogens with zero attached hydrogens (tertiary/aromatic N) is 2. The Balaban J connectivity index is 1.85. The van der Waals surface area contributed by atoms with Crippen LogP contribution in [0.25, 0.3) is 10.9 Å². The van der Waals surface area contributed by atoms with Crippen LogP contribution in [-0.4, -0.2) is 51.2 Å². The van der Waals surface area contributed by atoms with Crippen LogP contribution < -0.4 is 10.3 Å². The summed E-state index contributed by atoms with van der Waals surface area (Å²) in [5, 5.41) is 29.2. The first-order chi connectivity index (χ1) is 14.2. The summed E-state index contributed by atoms with van der Waals surface area (Å²) in [6.07, 6.45) is 2.56. The summed E-state index contributed by atoms with van der Waals surface area (Å²) in [7, 11) is 0. The quantitative estimate of drug-likeness (QED) is 0.666. The van der Waals surface area contributed by atoms with Gasteiger partial charge in [-0.15, -0.1) is 0 Å². The van der Waals surface area contributed by atoms with Crippen molar-refractivity contribution >= 4 is 22.6 Å². The first-order valence-corrected chi connectivity index (χ1v) is 10.4. The van der Waals surface area contributed by atoms with Crippen molar-refractivity contribution in [3.05, 3.63) is 39.4 Å². The van der Waals surface area contributed by atoms with Crippen LogP contribution in [0.15, 0.2) is 17.1 Å². The first-order valence-electron chi connectivity index (χ1n) is 10.4. The van der Waals surface area contributed by atoms with E-state index < -0.39 is 29.4 Å². The summed E-state index contributed by atoms with van der Waals surface area (Å²) in [6, 6.07) is 1.27. The largest absolute Gasteiger partial charge is 0.477 e. The molecular formula is C22H27FN2O5. The lowest BCUT2D eigenvalue weighted by atomic mass is 10.0. The van der Waals surface area contributed by atoms with Crippen LogP contribution in [0.4, 0.5) is 10.1 Å². The number of carboxylic acid groups (broad SMARTS) is 1. The molecule has 8 heteroatoms. The van der Waals surface area contributed by atoms with E-state index in [9.17, 15) is 24.9 Å². The maximum absolute atomic E-state index is 15.3. The van der Waals surface area contributed by atoms with Crippen molar-refractivity contribution in [2.24, 2.45) is 5.92 Å². The average Bonchev–Trinajstić information content (AvgIpc) is 3.47. The molecule has 7 nitrogen and oxygen atoms in total. The molecule has 3 N–H and O–H groups in total. The zero-order valence-corrected chi connectivity index (χ0v) is 17.1. The Morgan fingerprint density at radius 2 is 1.90 bits per heavy atom. The third-order valence-electron chi connectivity index (χ3n) is 6.42. The van der Waals surface area contributed by atoms with E-state index in [1.807, 2.05) is 16.4 Å². The Labute approximate surface area is 173 Å². The van der Waals surface area contributed by atoms with Gasteiger partial charge >= 0.3 is 5.97 Å². The summed E-state index contributed by atoms with van der Waals surface area (Å²) in [4.78, 5) is 26.2. The lowest BCUT2D eigenvalue weighted by molar-refractivity contribution is 0.0438. The second-order valence-electron chi connectivity index (χ2n) is 8.55. The van der Waals surface area contributed by atoms with Crippen molar-refractivity contribution in [1.82, 2.24) is 4.57 Å². The molecule has 2 aliphatic carbocycles. The monoisotopic (exact) mass is 418 g/mol. The summed E-state index contributed by atoms with van der Waals surface area (Å²) in [5.41, 5.74) is 0.550. The van der Waals surface area contributed by atoms with Crippen molar-refractivity contribution in [1.29, 1.82) is 0 Å².